The third-order valence-electron chi connectivity index (χ3n) is 2.61. The second kappa shape index (κ2) is 6.39. The minimum Gasteiger partial charge on any atom is -0.336 e. The molecule has 1 aromatic carbocycles. The van der Waals surface area contributed by atoms with Crippen LogP contribution in [0.1, 0.15) is 16.1 Å². The maximum Gasteiger partial charge on any atom is 0.274 e. The van der Waals surface area contributed by atoms with Crippen molar-refractivity contribution in [1.29, 1.82) is 0 Å². The zero-order valence-corrected chi connectivity index (χ0v) is 12.7. The maximum atomic E-state index is 12.2. The van der Waals surface area contributed by atoms with E-state index in [-0.39, 0.29) is 16.8 Å². The van der Waals surface area contributed by atoms with Crippen LogP contribution in [0.5, 0.6) is 0 Å². The molecule has 2 rings (SSSR count). The van der Waals surface area contributed by atoms with Crippen LogP contribution in [0.4, 0.5) is 0 Å². The van der Waals surface area contributed by atoms with Crippen LogP contribution in [-0.4, -0.2) is 27.8 Å². The van der Waals surface area contributed by atoms with Crippen LogP contribution in [0.25, 0.3) is 0 Å². The van der Waals surface area contributed by atoms with Gasteiger partial charge in [-0.3, -0.25) is 9.78 Å². The van der Waals surface area contributed by atoms with Crippen molar-refractivity contribution in [3.05, 3.63) is 57.0 Å². The zero-order valence-electron chi connectivity index (χ0n) is 10.5. The van der Waals surface area contributed by atoms with Crippen LogP contribution in [-0.2, 0) is 6.54 Å². The van der Waals surface area contributed by atoms with E-state index in [1.54, 1.807) is 19.2 Å². The van der Waals surface area contributed by atoms with Crippen LogP contribution < -0.4 is 0 Å². The van der Waals surface area contributed by atoms with E-state index in [4.69, 9.17) is 34.8 Å². The average Bonchev–Trinajstić information content (AvgIpc) is 2.43. The van der Waals surface area contributed by atoms with Crippen molar-refractivity contribution in [2.24, 2.45) is 0 Å². The first kappa shape index (κ1) is 15.0. The Morgan fingerprint density at radius 1 is 1.25 bits per heavy atom. The highest BCUT2D eigenvalue weighted by Gasteiger charge is 2.16. The molecule has 2 aromatic rings. The van der Waals surface area contributed by atoms with Crippen molar-refractivity contribution in [2.75, 3.05) is 7.05 Å². The molecule has 0 unspecified atom stereocenters. The van der Waals surface area contributed by atoms with Gasteiger partial charge < -0.3 is 4.90 Å². The van der Waals surface area contributed by atoms with Gasteiger partial charge in [0.2, 0.25) is 0 Å². The van der Waals surface area contributed by atoms with Crippen molar-refractivity contribution in [3.8, 4) is 0 Å². The predicted molar refractivity (Wildman–Crippen MR) is 79.3 cm³/mol. The fraction of sp³-hybridized carbons (Fsp3) is 0.154. The van der Waals surface area contributed by atoms with Crippen LogP contribution in [0.2, 0.25) is 15.2 Å². The number of carbonyl (C=O) groups is 1. The molecule has 1 amide bonds. The second-order valence-electron chi connectivity index (χ2n) is 4.10. The zero-order chi connectivity index (χ0) is 14.7. The third kappa shape index (κ3) is 3.39. The molecule has 0 aliphatic carbocycles. The molecular weight excluding hydrogens is 321 g/mol. The van der Waals surface area contributed by atoms with Gasteiger partial charge in [-0.05, 0) is 11.6 Å². The van der Waals surface area contributed by atoms with Crippen molar-refractivity contribution < 1.29 is 4.79 Å². The molecule has 0 bridgehead atoms. The van der Waals surface area contributed by atoms with Crippen molar-refractivity contribution in [1.82, 2.24) is 14.9 Å². The van der Waals surface area contributed by atoms with Gasteiger partial charge in [-0.1, -0.05) is 46.9 Å². The lowest BCUT2D eigenvalue weighted by atomic mass is 10.2. The van der Waals surface area contributed by atoms with Crippen LogP contribution in [0.3, 0.4) is 0 Å². The van der Waals surface area contributed by atoms with E-state index < -0.39 is 0 Å². The molecule has 0 fully saturated rings. The third-order valence-corrected chi connectivity index (χ3v) is 3.65. The Morgan fingerprint density at radius 3 is 2.70 bits per heavy atom. The molecule has 20 heavy (non-hydrogen) atoms. The summed E-state index contributed by atoms with van der Waals surface area (Å²) in [7, 11) is 1.64. The Balaban J connectivity index is 2.18. The summed E-state index contributed by atoms with van der Waals surface area (Å²) < 4.78 is 0. The van der Waals surface area contributed by atoms with E-state index >= 15 is 0 Å². The molecule has 104 valence electrons. The molecule has 4 nitrogen and oxygen atoms in total. The predicted octanol–water partition coefficient (Wildman–Crippen LogP) is 3.71. The molecule has 1 aromatic heterocycles. The summed E-state index contributed by atoms with van der Waals surface area (Å²) in [6.07, 6.45) is 2.73. The fourth-order valence-electron chi connectivity index (χ4n) is 1.64. The van der Waals surface area contributed by atoms with Gasteiger partial charge in [-0.15, -0.1) is 0 Å². The lowest BCUT2D eigenvalue weighted by molar-refractivity contribution is 0.0779. The summed E-state index contributed by atoms with van der Waals surface area (Å²) in [5, 5.41) is 1.06. The normalized spacial score (nSPS) is 10.4. The van der Waals surface area contributed by atoms with Crippen molar-refractivity contribution in [2.45, 2.75) is 6.54 Å². The minimum absolute atomic E-state index is 0.171. The quantitative estimate of drug-likeness (QED) is 0.862. The van der Waals surface area contributed by atoms with Gasteiger partial charge in [0.25, 0.3) is 5.91 Å². The van der Waals surface area contributed by atoms with Gasteiger partial charge in [0.15, 0.2) is 0 Å². The van der Waals surface area contributed by atoms with E-state index in [0.29, 0.717) is 16.6 Å². The minimum atomic E-state index is -0.295. The van der Waals surface area contributed by atoms with Gasteiger partial charge in [0, 0.05) is 13.6 Å². The highest BCUT2D eigenvalue weighted by Crippen LogP contribution is 2.26. The number of benzene rings is 1. The topological polar surface area (TPSA) is 46.1 Å². The molecule has 0 radical (unpaired) electrons. The van der Waals surface area contributed by atoms with E-state index in [9.17, 15) is 4.79 Å². The monoisotopic (exact) mass is 329 g/mol. The second-order valence-corrected chi connectivity index (χ2v) is 5.27. The number of amides is 1. The lowest BCUT2D eigenvalue weighted by Crippen LogP contribution is -2.27. The Morgan fingerprint density at radius 2 is 2.00 bits per heavy atom. The van der Waals surface area contributed by atoms with E-state index in [2.05, 4.69) is 9.97 Å². The number of nitrogens with zero attached hydrogens (tertiary/aromatic N) is 3. The molecular formula is C13H10Cl3N3O. The lowest BCUT2D eigenvalue weighted by Gasteiger charge is -2.17. The van der Waals surface area contributed by atoms with Gasteiger partial charge >= 0.3 is 0 Å². The van der Waals surface area contributed by atoms with Gasteiger partial charge in [0.1, 0.15) is 10.8 Å². The Hall–Kier alpha value is -1.36. The largest absolute Gasteiger partial charge is 0.336 e. The molecule has 0 spiro atoms. The van der Waals surface area contributed by atoms with Crippen LogP contribution in [0, 0.1) is 0 Å². The Bertz CT molecular complexity index is 649. The molecule has 0 saturated carbocycles. The molecule has 0 N–H and O–H groups in total. The SMILES string of the molecule is CN(Cc1cccc(Cl)c1Cl)C(=O)c1cncc(Cl)n1. The standard InChI is InChI=1S/C13H10Cl3N3O/c1-19(7-8-3-2-4-9(14)12(8)16)13(20)10-5-17-6-11(15)18-10/h2-6H,7H2,1H3. The smallest absolute Gasteiger partial charge is 0.274 e. The number of aromatic nitrogens is 2. The highest BCUT2D eigenvalue weighted by molar-refractivity contribution is 6.42. The number of hydrogen-bond acceptors (Lipinski definition) is 3. The summed E-state index contributed by atoms with van der Waals surface area (Å²) in [6.45, 7) is 0.312. The van der Waals surface area contributed by atoms with Crippen molar-refractivity contribution in [3.63, 3.8) is 0 Å². The average molecular weight is 331 g/mol. The van der Waals surface area contributed by atoms with Crippen LogP contribution >= 0.6 is 34.8 Å². The first-order chi connectivity index (χ1) is 9.49. The molecule has 1 heterocycles. The number of halogens is 3. The summed E-state index contributed by atoms with van der Waals surface area (Å²) in [5.74, 6) is -0.295. The highest BCUT2D eigenvalue weighted by atomic mass is 35.5. The fourth-order valence-corrected chi connectivity index (χ4v) is 2.17. The molecule has 0 aliphatic rings. The van der Waals surface area contributed by atoms with Gasteiger partial charge in [-0.2, -0.15) is 0 Å². The molecule has 0 aliphatic heterocycles. The van der Waals surface area contributed by atoms with Gasteiger partial charge in [-0.25, -0.2) is 4.98 Å². The van der Waals surface area contributed by atoms with E-state index in [1.807, 2.05) is 6.07 Å². The summed E-state index contributed by atoms with van der Waals surface area (Å²) >= 11 is 17.8. The van der Waals surface area contributed by atoms with Gasteiger partial charge in [0.05, 0.1) is 22.4 Å². The number of rotatable bonds is 3. The van der Waals surface area contributed by atoms with Crippen LogP contribution in [0.15, 0.2) is 30.6 Å². The maximum absolute atomic E-state index is 12.2. The Labute approximate surface area is 131 Å². The summed E-state index contributed by atoms with van der Waals surface area (Å²) in [5.41, 5.74) is 0.933. The first-order valence-corrected chi connectivity index (χ1v) is 6.78. The van der Waals surface area contributed by atoms with E-state index in [1.165, 1.54) is 17.3 Å². The number of carbonyl (C=O) groups excluding carboxylic acids is 1. The molecule has 0 atom stereocenters. The summed E-state index contributed by atoms with van der Waals surface area (Å²) in [6, 6.07) is 5.28. The molecule has 0 saturated heterocycles. The molecule has 7 heteroatoms. The summed E-state index contributed by atoms with van der Waals surface area (Å²) in [4.78, 5) is 21.4. The van der Waals surface area contributed by atoms with Crippen molar-refractivity contribution >= 4 is 40.7 Å². The number of hydrogen-bond donors (Lipinski definition) is 0. The Kier molecular flexibility index (Phi) is 4.81. The first-order valence-electron chi connectivity index (χ1n) is 5.65. The van der Waals surface area contributed by atoms with E-state index in [0.717, 1.165) is 5.56 Å².